The van der Waals surface area contributed by atoms with E-state index in [1.165, 1.54) is 0 Å². The van der Waals surface area contributed by atoms with Gasteiger partial charge in [-0.1, -0.05) is 52.8 Å². The van der Waals surface area contributed by atoms with E-state index in [-0.39, 0.29) is 5.41 Å². The maximum Gasteiger partial charge on any atom is 0.122 e. The molecule has 38 heavy (non-hydrogen) atoms. The molecular weight excluding hydrogens is 470 g/mol. The maximum atomic E-state index is 5.62. The number of aliphatic imine (C=N–C) groups is 1. The summed E-state index contributed by atoms with van der Waals surface area (Å²) in [6.45, 7) is 15.1. The van der Waals surface area contributed by atoms with Crippen molar-refractivity contribution in [1.82, 2.24) is 15.3 Å². The highest BCUT2D eigenvalue weighted by atomic mass is 16.5. The highest BCUT2D eigenvalue weighted by Gasteiger charge is 2.26. The highest BCUT2D eigenvalue weighted by molar-refractivity contribution is 5.99. The van der Waals surface area contributed by atoms with Gasteiger partial charge >= 0.3 is 0 Å². The first kappa shape index (κ1) is 28.9. The Labute approximate surface area is 228 Å². The minimum absolute atomic E-state index is 0.0722. The zero-order valence-corrected chi connectivity index (χ0v) is 24.1. The molecule has 2 N–H and O–H groups in total. The molecular formula is C32H43N5O. The molecule has 0 fully saturated rings. The molecule has 0 saturated carbocycles. The summed E-state index contributed by atoms with van der Waals surface area (Å²) < 4.78 is 5.62. The average molecular weight is 514 g/mol. The van der Waals surface area contributed by atoms with Crippen molar-refractivity contribution >= 4 is 22.3 Å². The van der Waals surface area contributed by atoms with Gasteiger partial charge in [0.25, 0.3) is 0 Å². The highest BCUT2D eigenvalue weighted by Crippen LogP contribution is 2.31. The van der Waals surface area contributed by atoms with Gasteiger partial charge in [-0.3, -0.25) is 4.99 Å². The van der Waals surface area contributed by atoms with E-state index in [2.05, 4.69) is 97.1 Å². The van der Waals surface area contributed by atoms with Crippen molar-refractivity contribution in [3.05, 3.63) is 83.7 Å². The van der Waals surface area contributed by atoms with Gasteiger partial charge in [0.2, 0.25) is 0 Å². The van der Waals surface area contributed by atoms with E-state index in [0.29, 0.717) is 12.2 Å². The van der Waals surface area contributed by atoms with Crippen LogP contribution in [-0.4, -0.2) is 29.8 Å². The SMILES string of the molecule is C=C(N/C(C)=C/C(=N\C)C(C)(CC)CCC)Nc1cccc(Cc2ncnc3cc(CC)c(OC)cc23)c1. The summed E-state index contributed by atoms with van der Waals surface area (Å²) >= 11 is 0. The van der Waals surface area contributed by atoms with Crippen LogP contribution in [0.15, 0.2) is 71.9 Å². The van der Waals surface area contributed by atoms with Gasteiger partial charge in [-0.25, -0.2) is 9.97 Å². The number of fused-ring (bicyclic) bond motifs is 1. The number of hydrogen-bond acceptors (Lipinski definition) is 6. The summed E-state index contributed by atoms with van der Waals surface area (Å²) in [6, 6.07) is 12.5. The van der Waals surface area contributed by atoms with Crippen LogP contribution in [0.4, 0.5) is 5.69 Å². The van der Waals surface area contributed by atoms with Crippen LogP contribution in [0, 0.1) is 5.41 Å². The molecule has 6 nitrogen and oxygen atoms in total. The second-order valence-electron chi connectivity index (χ2n) is 10.1. The first-order valence-electron chi connectivity index (χ1n) is 13.5. The molecule has 0 saturated heterocycles. The van der Waals surface area contributed by atoms with Gasteiger partial charge in [0.05, 0.1) is 24.1 Å². The minimum Gasteiger partial charge on any atom is -0.496 e. The van der Waals surface area contributed by atoms with E-state index in [1.807, 2.05) is 19.2 Å². The van der Waals surface area contributed by atoms with E-state index in [9.17, 15) is 0 Å². The first-order chi connectivity index (χ1) is 18.3. The quantitative estimate of drug-likeness (QED) is 0.232. The molecule has 0 spiro atoms. The topological polar surface area (TPSA) is 71.4 Å². The lowest BCUT2D eigenvalue weighted by molar-refractivity contribution is 0.408. The molecule has 0 aliphatic rings. The van der Waals surface area contributed by atoms with E-state index in [1.54, 1.807) is 13.4 Å². The van der Waals surface area contributed by atoms with E-state index in [4.69, 9.17) is 4.74 Å². The number of anilines is 1. The normalized spacial score (nSPS) is 13.8. The number of ether oxygens (including phenoxy) is 1. The van der Waals surface area contributed by atoms with Crippen LogP contribution >= 0.6 is 0 Å². The second kappa shape index (κ2) is 13.2. The van der Waals surface area contributed by atoms with Crippen LogP contribution in [0.25, 0.3) is 10.9 Å². The number of nitrogens with one attached hydrogen (secondary N) is 2. The molecule has 1 atom stereocenters. The number of aryl methyl sites for hydroxylation is 1. The Morgan fingerprint density at radius 2 is 1.95 bits per heavy atom. The molecule has 1 aromatic heterocycles. The summed E-state index contributed by atoms with van der Waals surface area (Å²) in [5.41, 5.74) is 7.36. The number of nitrogens with zero attached hydrogens (tertiary/aromatic N) is 3. The third kappa shape index (κ3) is 7.00. The Bertz CT molecular complexity index is 1330. The van der Waals surface area contributed by atoms with Gasteiger partial charge in [0.15, 0.2) is 0 Å². The van der Waals surface area contributed by atoms with Crippen molar-refractivity contribution in [3.8, 4) is 5.75 Å². The fourth-order valence-electron chi connectivity index (χ4n) is 4.97. The molecule has 0 aliphatic carbocycles. The number of benzene rings is 2. The Balaban J connectivity index is 1.75. The molecule has 1 unspecified atom stereocenters. The van der Waals surface area contributed by atoms with E-state index >= 15 is 0 Å². The van der Waals surface area contributed by atoms with Crippen molar-refractivity contribution in [2.24, 2.45) is 10.4 Å². The molecule has 2 aromatic carbocycles. The van der Waals surface area contributed by atoms with E-state index < -0.39 is 0 Å². The molecule has 3 rings (SSSR count). The number of rotatable bonds is 13. The van der Waals surface area contributed by atoms with Crippen molar-refractivity contribution in [2.45, 2.75) is 66.7 Å². The standard InChI is InChI=1S/C32H43N5O/c1-9-15-32(6,11-3)31(33-7)16-22(4)36-23(5)37-26-14-12-13-24(17-26)18-28-27-20-30(38-8)25(10-2)19-29(27)35-21-34-28/h12-14,16-17,19-21,36-37H,5,9-11,15,18H2,1-4,6-8H3/b22-16+,33-31+. The summed E-state index contributed by atoms with van der Waals surface area (Å²) in [5, 5.41) is 7.80. The first-order valence-corrected chi connectivity index (χ1v) is 13.5. The van der Waals surface area contributed by atoms with Gasteiger partial charge in [-0.2, -0.15) is 0 Å². The monoisotopic (exact) mass is 513 g/mol. The van der Waals surface area contributed by atoms with Gasteiger partial charge in [0.1, 0.15) is 12.1 Å². The number of allylic oxidation sites excluding steroid dienone is 2. The molecule has 3 aromatic rings. The van der Waals surface area contributed by atoms with Gasteiger partial charge in [-0.05, 0) is 67.7 Å². The minimum atomic E-state index is 0.0722. The Kier molecular flexibility index (Phi) is 10.1. The summed E-state index contributed by atoms with van der Waals surface area (Å²) in [4.78, 5) is 13.7. The van der Waals surface area contributed by atoms with Gasteiger partial charge < -0.3 is 15.4 Å². The summed E-state index contributed by atoms with van der Waals surface area (Å²) in [5.74, 6) is 1.59. The van der Waals surface area contributed by atoms with Crippen LogP contribution in [0.5, 0.6) is 5.75 Å². The Hall–Kier alpha value is -3.67. The molecule has 0 aliphatic heterocycles. The average Bonchev–Trinajstić information content (AvgIpc) is 2.91. The van der Waals surface area contributed by atoms with Gasteiger partial charge in [0, 0.05) is 41.4 Å². The smallest absolute Gasteiger partial charge is 0.122 e. The zero-order valence-electron chi connectivity index (χ0n) is 24.1. The van der Waals surface area contributed by atoms with Gasteiger partial charge in [-0.15, -0.1) is 0 Å². The molecule has 1 heterocycles. The lowest BCUT2D eigenvalue weighted by atomic mass is 9.78. The number of aromatic nitrogens is 2. The van der Waals surface area contributed by atoms with Crippen molar-refractivity contribution in [1.29, 1.82) is 0 Å². The fourth-order valence-corrected chi connectivity index (χ4v) is 4.97. The largest absolute Gasteiger partial charge is 0.496 e. The Morgan fingerprint density at radius 3 is 2.61 bits per heavy atom. The van der Waals surface area contributed by atoms with Crippen LogP contribution in [0.1, 0.15) is 70.7 Å². The van der Waals surface area contributed by atoms with Crippen molar-refractivity contribution < 1.29 is 4.74 Å². The lowest BCUT2D eigenvalue weighted by Gasteiger charge is -2.28. The van der Waals surface area contributed by atoms with Crippen LogP contribution in [0.2, 0.25) is 0 Å². The molecule has 0 radical (unpaired) electrons. The molecule has 0 bridgehead atoms. The fraction of sp³-hybridized carbons (Fsp3) is 0.406. The number of methoxy groups -OCH3 is 1. The summed E-state index contributed by atoms with van der Waals surface area (Å²) in [6.07, 6.45) is 8.66. The predicted molar refractivity (Wildman–Crippen MR) is 161 cm³/mol. The van der Waals surface area contributed by atoms with E-state index in [0.717, 1.165) is 76.3 Å². The predicted octanol–water partition coefficient (Wildman–Crippen LogP) is 7.46. The molecule has 6 heteroatoms. The van der Waals surface area contributed by atoms with Crippen LogP contribution in [-0.2, 0) is 12.8 Å². The molecule has 0 amide bonds. The zero-order chi connectivity index (χ0) is 27.7. The van der Waals surface area contributed by atoms with Crippen molar-refractivity contribution in [3.63, 3.8) is 0 Å². The maximum absolute atomic E-state index is 5.62. The Morgan fingerprint density at radius 1 is 1.16 bits per heavy atom. The third-order valence-electron chi connectivity index (χ3n) is 7.24. The lowest BCUT2D eigenvalue weighted by Crippen LogP contribution is -2.27. The van der Waals surface area contributed by atoms with Crippen LogP contribution in [0.3, 0.4) is 0 Å². The second-order valence-corrected chi connectivity index (χ2v) is 10.1. The summed E-state index contributed by atoms with van der Waals surface area (Å²) in [7, 11) is 3.58. The third-order valence-corrected chi connectivity index (χ3v) is 7.24. The van der Waals surface area contributed by atoms with Crippen molar-refractivity contribution in [2.75, 3.05) is 19.5 Å². The molecule has 202 valence electrons. The number of hydrogen-bond donors (Lipinski definition) is 2. The van der Waals surface area contributed by atoms with Crippen LogP contribution < -0.4 is 15.4 Å².